The maximum Gasteiger partial charge on any atom is 0.0695 e. The molecule has 274 valence electrons. The average Bonchev–Trinajstić information content (AvgIpc) is 3.81. The Morgan fingerprint density at radius 1 is 0.500 bits per heavy atom. The van der Waals surface area contributed by atoms with E-state index in [9.17, 15) is 0 Å². The van der Waals surface area contributed by atoms with Crippen LogP contribution in [-0.2, 0) is 6.42 Å². The Bertz CT molecular complexity index is 3310. The highest BCUT2D eigenvalue weighted by Crippen LogP contribution is 2.46. The van der Waals surface area contributed by atoms with Crippen LogP contribution >= 0.6 is 0 Å². The lowest BCUT2D eigenvalue weighted by molar-refractivity contribution is 0.872. The molecule has 1 aliphatic heterocycles. The minimum Gasteiger partial charge on any atom is -0.659 e. The lowest BCUT2D eigenvalue weighted by Crippen LogP contribution is -2.12. The predicted molar refractivity (Wildman–Crippen MR) is 242 cm³/mol. The van der Waals surface area contributed by atoms with E-state index in [1.165, 1.54) is 66.2 Å². The van der Waals surface area contributed by atoms with Crippen molar-refractivity contribution in [2.45, 2.75) is 19.0 Å². The summed E-state index contributed by atoms with van der Waals surface area (Å²) < 4.78 is 4.89. The molecule has 2 aromatic heterocycles. The van der Waals surface area contributed by atoms with Gasteiger partial charge in [-0.25, -0.2) is 0 Å². The number of hydrogen-bond acceptors (Lipinski definition) is 1. The molecule has 12 rings (SSSR count). The Morgan fingerprint density at radius 3 is 2.05 bits per heavy atom. The third-order valence-corrected chi connectivity index (χ3v) is 12.1. The lowest BCUT2D eigenvalue weighted by atomic mass is 9.93. The van der Waals surface area contributed by atoms with Crippen molar-refractivity contribution in [1.29, 1.82) is 0 Å². The summed E-state index contributed by atoms with van der Waals surface area (Å²) in [6.45, 7) is 0. The summed E-state index contributed by atoms with van der Waals surface area (Å²) in [5, 5.41) is 11.5. The number of para-hydroxylation sites is 2. The molecule has 0 saturated heterocycles. The van der Waals surface area contributed by atoms with Gasteiger partial charge in [0, 0.05) is 50.5 Å². The van der Waals surface area contributed by atoms with Crippen molar-refractivity contribution in [3.8, 4) is 22.5 Å². The summed E-state index contributed by atoms with van der Waals surface area (Å²) in [4.78, 5) is 5.45. The van der Waals surface area contributed by atoms with Gasteiger partial charge in [0.25, 0.3) is 0 Å². The Hall–Kier alpha value is -7.43. The van der Waals surface area contributed by atoms with E-state index >= 15 is 0 Å². The van der Waals surface area contributed by atoms with Crippen LogP contribution < -0.4 is 0 Å². The number of allylic oxidation sites excluding steroid dienone is 1. The van der Waals surface area contributed by atoms with E-state index in [4.69, 9.17) is 10.3 Å². The molecule has 0 spiro atoms. The van der Waals surface area contributed by atoms with Gasteiger partial charge in [-0.2, -0.15) is 0 Å². The van der Waals surface area contributed by atoms with Crippen LogP contribution in [-0.4, -0.2) is 14.8 Å². The zero-order valence-corrected chi connectivity index (χ0v) is 31.8. The van der Waals surface area contributed by atoms with Crippen LogP contribution in [0.5, 0.6) is 0 Å². The molecule has 4 nitrogen and oxygen atoms in total. The van der Waals surface area contributed by atoms with E-state index in [1.54, 1.807) is 0 Å². The molecular formula is C54H37N4-. The SMILES string of the molecule is C1=Cc2c(n(-c3ccc4c(c3)c3ccccc3n4-c3cccc(C4N=C(c5ccc(-c6ccccc6)cc5)c5ccc6ccccc6c5[N-]4)c3)c3ccccc23)CC1. The number of rotatable bonds is 5. The van der Waals surface area contributed by atoms with Gasteiger partial charge in [0.2, 0.25) is 0 Å². The van der Waals surface area contributed by atoms with Gasteiger partial charge in [-0.3, -0.25) is 4.99 Å². The van der Waals surface area contributed by atoms with Crippen molar-refractivity contribution in [1.82, 2.24) is 9.13 Å². The van der Waals surface area contributed by atoms with Crippen molar-refractivity contribution < 1.29 is 0 Å². The Balaban J connectivity index is 0.994. The van der Waals surface area contributed by atoms with Crippen molar-refractivity contribution in [2.24, 2.45) is 4.99 Å². The van der Waals surface area contributed by atoms with E-state index in [0.29, 0.717) is 0 Å². The largest absolute Gasteiger partial charge is 0.659 e. The molecule has 2 aliphatic rings. The van der Waals surface area contributed by atoms with Crippen LogP contribution in [0.3, 0.4) is 0 Å². The molecule has 0 N–H and O–H groups in total. The summed E-state index contributed by atoms with van der Waals surface area (Å²) in [5.41, 5.74) is 16.2. The van der Waals surface area contributed by atoms with Crippen LogP contribution in [0.25, 0.3) is 77.4 Å². The maximum atomic E-state index is 5.45. The minimum absolute atomic E-state index is 0.413. The fraction of sp³-hybridized carbons (Fsp3) is 0.0556. The highest BCUT2D eigenvalue weighted by atomic mass is 15.1. The summed E-state index contributed by atoms with van der Waals surface area (Å²) >= 11 is 0. The van der Waals surface area contributed by atoms with E-state index in [1.807, 2.05) is 0 Å². The van der Waals surface area contributed by atoms with Crippen molar-refractivity contribution >= 4 is 61.0 Å². The van der Waals surface area contributed by atoms with Crippen LogP contribution in [0.2, 0.25) is 0 Å². The molecule has 1 aliphatic carbocycles. The number of aliphatic imine (C=N–C) groups is 1. The lowest BCUT2D eigenvalue weighted by Gasteiger charge is -2.39. The van der Waals surface area contributed by atoms with E-state index in [-0.39, 0.29) is 0 Å². The summed E-state index contributed by atoms with van der Waals surface area (Å²) in [5.74, 6) is 0. The third kappa shape index (κ3) is 5.12. The third-order valence-electron chi connectivity index (χ3n) is 12.1. The average molecular weight is 742 g/mol. The molecule has 58 heavy (non-hydrogen) atoms. The Labute approximate surface area is 336 Å². The minimum atomic E-state index is -0.413. The molecule has 0 saturated carbocycles. The fourth-order valence-corrected chi connectivity index (χ4v) is 9.43. The molecule has 0 radical (unpaired) electrons. The summed E-state index contributed by atoms with van der Waals surface area (Å²) in [6.07, 6.45) is 6.29. The first-order valence-electron chi connectivity index (χ1n) is 20.2. The maximum absolute atomic E-state index is 5.45. The number of aromatic nitrogens is 2. The zero-order valence-electron chi connectivity index (χ0n) is 31.8. The fourth-order valence-electron chi connectivity index (χ4n) is 9.43. The summed E-state index contributed by atoms with van der Waals surface area (Å²) in [6, 6.07) is 65.7. The molecule has 0 fully saturated rings. The smallest absolute Gasteiger partial charge is 0.0695 e. The molecular weight excluding hydrogens is 705 g/mol. The van der Waals surface area contributed by atoms with E-state index in [0.717, 1.165) is 52.0 Å². The standard InChI is InChI=1S/C54H37N4/c1-2-13-35(14-3-1)36-25-27-38(28-26-36)52-46-31-29-37-15-4-5-18-42(37)53(46)56-54(55-52)39-16-12-17-40(33-39)57-50-24-11-8-21-45(50)47-34-41(30-32-51(47)57)58-48-22-9-6-19-43(48)44-20-7-10-23-49(44)58/h1-9,11-22,24-34,54H,10,23H2/q-1. The molecule has 0 bridgehead atoms. The number of benzene rings is 8. The monoisotopic (exact) mass is 741 g/mol. The highest BCUT2D eigenvalue weighted by molar-refractivity contribution is 6.21. The number of hydrogen-bond donors (Lipinski definition) is 0. The number of nitrogens with zero attached hydrogens (tertiary/aromatic N) is 4. The van der Waals surface area contributed by atoms with Gasteiger partial charge >= 0.3 is 0 Å². The van der Waals surface area contributed by atoms with Crippen molar-refractivity contribution in [3.05, 3.63) is 221 Å². The second-order valence-electron chi connectivity index (χ2n) is 15.4. The van der Waals surface area contributed by atoms with Gasteiger partial charge in [0.15, 0.2) is 0 Å². The van der Waals surface area contributed by atoms with E-state index in [2.05, 4.69) is 203 Å². The Morgan fingerprint density at radius 2 is 1.19 bits per heavy atom. The van der Waals surface area contributed by atoms with Gasteiger partial charge < -0.3 is 14.5 Å². The first-order valence-corrected chi connectivity index (χ1v) is 20.2. The van der Waals surface area contributed by atoms with Gasteiger partial charge in [-0.1, -0.05) is 152 Å². The van der Waals surface area contributed by atoms with Crippen LogP contribution in [0.15, 0.2) is 193 Å². The molecule has 3 heterocycles. The molecule has 4 heteroatoms. The summed E-state index contributed by atoms with van der Waals surface area (Å²) in [7, 11) is 0. The molecule has 1 atom stereocenters. The van der Waals surface area contributed by atoms with Gasteiger partial charge in [0.1, 0.15) is 0 Å². The quantitative estimate of drug-likeness (QED) is 0.168. The zero-order chi connectivity index (χ0) is 38.2. The predicted octanol–water partition coefficient (Wildman–Crippen LogP) is 14.1. The van der Waals surface area contributed by atoms with Crippen molar-refractivity contribution in [3.63, 3.8) is 0 Å². The second kappa shape index (κ2) is 13.1. The van der Waals surface area contributed by atoms with Crippen LogP contribution in [0, 0.1) is 0 Å². The van der Waals surface area contributed by atoms with Crippen LogP contribution in [0.1, 0.15) is 40.5 Å². The Kier molecular flexibility index (Phi) is 7.39. The molecule has 0 amide bonds. The first-order chi connectivity index (χ1) is 28.8. The molecule has 10 aromatic rings. The highest BCUT2D eigenvalue weighted by Gasteiger charge is 2.22. The topological polar surface area (TPSA) is 36.3 Å². The molecule has 8 aromatic carbocycles. The van der Waals surface area contributed by atoms with Gasteiger partial charge in [0.05, 0.1) is 22.3 Å². The van der Waals surface area contributed by atoms with E-state index < -0.39 is 6.17 Å². The normalized spacial score (nSPS) is 14.8. The second-order valence-corrected chi connectivity index (χ2v) is 15.4. The van der Waals surface area contributed by atoms with Crippen molar-refractivity contribution in [2.75, 3.05) is 0 Å². The number of fused-ring (bicyclic) bond motifs is 9. The van der Waals surface area contributed by atoms with Gasteiger partial charge in [-0.05, 0) is 88.3 Å². The molecule has 1 unspecified atom stereocenters. The first kappa shape index (κ1) is 32.8. The van der Waals surface area contributed by atoms with Crippen LogP contribution in [0.4, 0.5) is 5.69 Å². The van der Waals surface area contributed by atoms with Gasteiger partial charge in [-0.15, -0.1) is 5.69 Å².